The molecule has 0 spiro atoms. The molecule has 2 fully saturated rings. The Labute approximate surface area is 115 Å². The van der Waals surface area contributed by atoms with Crippen LogP contribution in [0.1, 0.15) is 45.1 Å². The van der Waals surface area contributed by atoms with Crippen LogP contribution in [0.3, 0.4) is 0 Å². The van der Waals surface area contributed by atoms with E-state index in [1.165, 1.54) is 0 Å². The fourth-order valence-electron chi connectivity index (χ4n) is 2.69. The average Bonchev–Trinajstić information content (AvgIpc) is 3.10. The maximum absolute atomic E-state index is 11.4. The monoisotopic (exact) mass is 282 g/mol. The van der Waals surface area contributed by atoms with Crippen LogP contribution < -0.4 is 0 Å². The Morgan fingerprint density at radius 3 is 2.84 bits per heavy atom. The zero-order chi connectivity index (χ0) is 13.4. The van der Waals surface area contributed by atoms with E-state index in [9.17, 15) is 9.90 Å². The standard InChI is InChI=1S/C12H18N4O2S/c1-7-2-5-9(11(17)18)10(6-7)19-12-13-14-15-16(12)8-3-4-8/h7-10H,2-6H2,1H3,(H,17,18). The van der Waals surface area contributed by atoms with Crippen molar-refractivity contribution >= 4 is 17.7 Å². The van der Waals surface area contributed by atoms with Crippen molar-refractivity contribution in [2.75, 3.05) is 0 Å². The first kappa shape index (κ1) is 12.9. The maximum Gasteiger partial charge on any atom is 0.307 e. The molecule has 0 saturated heterocycles. The lowest BCUT2D eigenvalue weighted by molar-refractivity contribution is -0.142. The van der Waals surface area contributed by atoms with E-state index in [0.717, 1.165) is 37.3 Å². The molecule has 7 heteroatoms. The molecule has 1 aromatic heterocycles. The Bertz CT molecular complexity index is 474. The van der Waals surface area contributed by atoms with Crippen LogP contribution >= 0.6 is 11.8 Å². The molecule has 6 nitrogen and oxygen atoms in total. The van der Waals surface area contributed by atoms with Crippen molar-refractivity contribution in [3.63, 3.8) is 0 Å². The topological polar surface area (TPSA) is 80.9 Å². The van der Waals surface area contributed by atoms with E-state index >= 15 is 0 Å². The van der Waals surface area contributed by atoms with Crippen molar-refractivity contribution in [1.29, 1.82) is 0 Å². The second-order valence-electron chi connectivity index (χ2n) is 5.66. The lowest BCUT2D eigenvalue weighted by atomic mass is 9.82. The largest absolute Gasteiger partial charge is 0.481 e. The number of aliphatic carboxylic acids is 1. The van der Waals surface area contributed by atoms with Crippen molar-refractivity contribution in [3.8, 4) is 0 Å². The van der Waals surface area contributed by atoms with Crippen molar-refractivity contribution < 1.29 is 9.90 Å². The number of thioether (sulfide) groups is 1. The highest BCUT2D eigenvalue weighted by Crippen LogP contribution is 2.42. The fourth-order valence-corrected chi connectivity index (χ4v) is 4.18. The predicted molar refractivity (Wildman–Crippen MR) is 69.9 cm³/mol. The van der Waals surface area contributed by atoms with Crippen LogP contribution in [0.5, 0.6) is 0 Å². The molecule has 1 aromatic rings. The van der Waals surface area contributed by atoms with E-state index in [2.05, 4.69) is 22.4 Å². The zero-order valence-corrected chi connectivity index (χ0v) is 11.7. The second-order valence-corrected chi connectivity index (χ2v) is 6.86. The van der Waals surface area contributed by atoms with Gasteiger partial charge in [-0.3, -0.25) is 4.79 Å². The number of tetrazole rings is 1. The molecule has 3 rings (SSSR count). The highest BCUT2D eigenvalue weighted by molar-refractivity contribution is 7.99. The van der Waals surface area contributed by atoms with Gasteiger partial charge >= 0.3 is 5.97 Å². The number of carbonyl (C=O) groups is 1. The number of nitrogens with zero attached hydrogens (tertiary/aromatic N) is 4. The van der Waals surface area contributed by atoms with Crippen LogP contribution in [0.15, 0.2) is 5.16 Å². The summed E-state index contributed by atoms with van der Waals surface area (Å²) in [5.74, 6) is -0.376. The van der Waals surface area contributed by atoms with Crippen LogP contribution in [-0.2, 0) is 4.79 Å². The molecular formula is C12H18N4O2S. The lowest BCUT2D eigenvalue weighted by Crippen LogP contribution is -2.32. The molecule has 0 radical (unpaired) electrons. The minimum atomic E-state index is -0.685. The van der Waals surface area contributed by atoms with Crippen molar-refractivity contribution in [2.45, 2.75) is 55.5 Å². The van der Waals surface area contributed by atoms with Crippen LogP contribution in [-0.4, -0.2) is 36.5 Å². The van der Waals surface area contributed by atoms with Gasteiger partial charge in [-0.15, -0.1) is 5.10 Å². The van der Waals surface area contributed by atoms with Gasteiger partial charge in [0.1, 0.15) is 0 Å². The van der Waals surface area contributed by atoms with Crippen LogP contribution in [0.2, 0.25) is 0 Å². The molecule has 0 amide bonds. The fraction of sp³-hybridized carbons (Fsp3) is 0.833. The van der Waals surface area contributed by atoms with Gasteiger partial charge in [0, 0.05) is 5.25 Å². The molecule has 0 aromatic carbocycles. The summed E-state index contributed by atoms with van der Waals surface area (Å²) in [6, 6.07) is 0.432. The SMILES string of the molecule is CC1CCC(C(=O)O)C(Sc2nnnn2C2CC2)C1. The second kappa shape index (κ2) is 5.11. The van der Waals surface area contributed by atoms with E-state index in [0.29, 0.717) is 12.0 Å². The summed E-state index contributed by atoms with van der Waals surface area (Å²) in [7, 11) is 0. The van der Waals surface area contributed by atoms with Crippen LogP contribution in [0, 0.1) is 11.8 Å². The van der Waals surface area contributed by atoms with E-state index in [4.69, 9.17) is 0 Å². The third-order valence-corrected chi connectivity index (χ3v) is 5.29. The number of hydrogen-bond acceptors (Lipinski definition) is 5. The maximum atomic E-state index is 11.4. The molecule has 2 aliphatic rings. The summed E-state index contributed by atoms with van der Waals surface area (Å²) in [6.07, 6.45) is 4.95. The van der Waals surface area contributed by atoms with Gasteiger partial charge in [0.2, 0.25) is 5.16 Å². The summed E-state index contributed by atoms with van der Waals surface area (Å²) in [5.41, 5.74) is 0. The normalized spacial score (nSPS) is 31.3. The minimum absolute atomic E-state index is 0.0877. The average molecular weight is 282 g/mol. The molecule has 3 unspecified atom stereocenters. The Kier molecular flexibility index (Phi) is 3.47. The predicted octanol–water partition coefficient (Wildman–Crippen LogP) is 1.99. The number of aromatic nitrogens is 4. The lowest BCUT2D eigenvalue weighted by Gasteiger charge is -2.31. The number of carboxylic acid groups (broad SMARTS) is 1. The van der Waals surface area contributed by atoms with E-state index in [1.54, 1.807) is 11.8 Å². The van der Waals surface area contributed by atoms with Crippen molar-refractivity contribution in [3.05, 3.63) is 0 Å². The van der Waals surface area contributed by atoms with Gasteiger partial charge in [-0.05, 0) is 48.4 Å². The third-order valence-electron chi connectivity index (χ3n) is 3.98. The quantitative estimate of drug-likeness (QED) is 0.909. The molecule has 1 N–H and O–H groups in total. The van der Waals surface area contributed by atoms with Gasteiger partial charge < -0.3 is 5.11 Å². The number of rotatable bonds is 4. The number of carboxylic acids is 1. The molecule has 19 heavy (non-hydrogen) atoms. The molecule has 3 atom stereocenters. The summed E-state index contributed by atoms with van der Waals surface area (Å²) < 4.78 is 1.86. The van der Waals surface area contributed by atoms with E-state index in [-0.39, 0.29) is 11.2 Å². The number of hydrogen-bond donors (Lipinski definition) is 1. The summed E-state index contributed by atoms with van der Waals surface area (Å²) in [5, 5.41) is 22.0. The van der Waals surface area contributed by atoms with E-state index < -0.39 is 5.97 Å². The molecule has 0 bridgehead atoms. The van der Waals surface area contributed by atoms with Gasteiger partial charge in [-0.25, -0.2) is 4.68 Å². The van der Waals surface area contributed by atoms with Gasteiger partial charge in [0.15, 0.2) is 0 Å². The molecule has 0 aliphatic heterocycles. The summed E-state index contributed by atoms with van der Waals surface area (Å²) >= 11 is 1.55. The minimum Gasteiger partial charge on any atom is -0.481 e. The smallest absolute Gasteiger partial charge is 0.307 e. The summed E-state index contributed by atoms with van der Waals surface area (Å²) in [6.45, 7) is 2.19. The molecule has 104 valence electrons. The first-order valence-corrected chi connectivity index (χ1v) is 7.70. The van der Waals surface area contributed by atoms with Crippen LogP contribution in [0.4, 0.5) is 0 Å². The first-order valence-electron chi connectivity index (χ1n) is 6.82. The molecule has 1 heterocycles. The highest BCUT2D eigenvalue weighted by atomic mass is 32.2. The van der Waals surface area contributed by atoms with Crippen LogP contribution in [0.25, 0.3) is 0 Å². The summed E-state index contributed by atoms with van der Waals surface area (Å²) in [4.78, 5) is 11.4. The van der Waals surface area contributed by atoms with Gasteiger partial charge in [0.25, 0.3) is 0 Å². The Morgan fingerprint density at radius 2 is 2.16 bits per heavy atom. The molecular weight excluding hydrogens is 264 g/mol. The molecule has 2 saturated carbocycles. The Balaban J connectivity index is 1.75. The Morgan fingerprint density at radius 1 is 1.37 bits per heavy atom. The Hall–Kier alpha value is -1.11. The highest BCUT2D eigenvalue weighted by Gasteiger charge is 2.36. The first-order chi connectivity index (χ1) is 9.15. The van der Waals surface area contributed by atoms with E-state index in [1.807, 2.05) is 4.68 Å². The van der Waals surface area contributed by atoms with Crippen molar-refractivity contribution in [1.82, 2.24) is 20.2 Å². The van der Waals surface area contributed by atoms with Gasteiger partial charge in [-0.2, -0.15) is 0 Å². The van der Waals surface area contributed by atoms with Crippen molar-refractivity contribution in [2.24, 2.45) is 11.8 Å². The third kappa shape index (κ3) is 2.75. The zero-order valence-electron chi connectivity index (χ0n) is 10.9. The molecule has 2 aliphatic carbocycles. The van der Waals surface area contributed by atoms with Gasteiger partial charge in [0.05, 0.1) is 12.0 Å². The van der Waals surface area contributed by atoms with Gasteiger partial charge in [-0.1, -0.05) is 18.7 Å².